The Morgan fingerprint density at radius 2 is 2.16 bits per heavy atom. The molecule has 0 aromatic heterocycles. The molecule has 0 saturated heterocycles. The molecule has 3 heteroatoms. The number of amides is 1. The van der Waals surface area contributed by atoms with Crippen LogP contribution in [0.25, 0.3) is 6.08 Å². The van der Waals surface area contributed by atoms with Gasteiger partial charge in [0.2, 0.25) is 5.91 Å². The van der Waals surface area contributed by atoms with E-state index in [4.69, 9.17) is 0 Å². The lowest BCUT2D eigenvalue weighted by Crippen LogP contribution is -2.25. The molecule has 0 aliphatic carbocycles. The van der Waals surface area contributed by atoms with Crippen molar-refractivity contribution in [2.24, 2.45) is 0 Å². The minimum absolute atomic E-state index is 0.122. The maximum atomic E-state index is 11.6. The highest BCUT2D eigenvalue weighted by Gasteiger charge is 2.01. The maximum absolute atomic E-state index is 11.6. The van der Waals surface area contributed by atoms with Crippen LogP contribution in [-0.2, 0) is 4.79 Å². The first kappa shape index (κ1) is 15.4. The maximum Gasteiger partial charge on any atom is 0.244 e. The fraction of sp³-hybridized carbons (Fsp3) is 0.438. The molecule has 0 aliphatic rings. The number of aryl methyl sites for hydroxylation is 2. The molecule has 104 valence electrons. The average molecular weight is 261 g/mol. The van der Waals surface area contributed by atoms with Gasteiger partial charge in [-0.15, -0.1) is 0 Å². The number of aliphatic hydroxyl groups is 1. The Morgan fingerprint density at radius 1 is 1.42 bits per heavy atom. The van der Waals surface area contributed by atoms with E-state index in [1.54, 1.807) is 0 Å². The van der Waals surface area contributed by atoms with Crippen LogP contribution >= 0.6 is 0 Å². The van der Waals surface area contributed by atoms with E-state index >= 15 is 0 Å². The molecular formula is C16H23NO2. The normalized spacial score (nSPS) is 12.6. The molecule has 0 radical (unpaired) electrons. The standard InChI is InChI=1S/C16H23NO2/c1-4-15(18)9-10-17-16(19)8-7-14-6-5-12(2)11-13(14)3/h5-8,11,15,18H,4,9-10H2,1-3H3,(H,17,19)/b8-7+. The van der Waals surface area contributed by atoms with Gasteiger partial charge in [0.25, 0.3) is 0 Å². The van der Waals surface area contributed by atoms with E-state index in [1.165, 1.54) is 11.6 Å². The second-order valence-electron chi connectivity index (χ2n) is 4.84. The van der Waals surface area contributed by atoms with Crippen LogP contribution in [0.4, 0.5) is 0 Å². The van der Waals surface area contributed by atoms with E-state index in [-0.39, 0.29) is 12.0 Å². The summed E-state index contributed by atoms with van der Waals surface area (Å²) >= 11 is 0. The van der Waals surface area contributed by atoms with Crippen molar-refractivity contribution < 1.29 is 9.90 Å². The zero-order valence-corrected chi connectivity index (χ0v) is 11.9. The van der Waals surface area contributed by atoms with Gasteiger partial charge in [0, 0.05) is 12.6 Å². The second-order valence-corrected chi connectivity index (χ2v) is 4.84. The molecule has 0 heterocycles. The summed E-state index contributed by atoms with van der Waals surface area (Å²) in [5.74, 6) is -0.122. The predicted molar refractivity (Wildman–Crippen MR) is 78.9 cm³/mol. The molecule has 1 amide bonds. The molecular weight excluding hydrogens is 238 g/mol. The summed E-state index contributed by atoms with van der Waals surface area (Å²) in [7, 11) is 0. The van der Waals surface area contributed by atoms with Crippen molar-refractivity contribution in [3.05, 3.63) is 41.0 Å². The number of hydrogen-bond acceptors (Lipinski definition) is 2. The highest BCUT2D eigenvalue weighted by atomic mass is 16.3. The van der Waals surface area contributed by atoms with Crippen LogP contribution in [0.15, 0.2) is 24.3 Å². The van der Waals surface area contributed by atoms with Crippen LogP contribution in [0, 0.1) is 13.8 Å². The SMILES string of the molecule is CCC(O)CCNC(=O)/C=C/c1ccc(C)cc1C. The predicted octanol–water partition coefficient (Wildman–Crippen LogP) is 2.59. The van der Waals surface area contributed by atoms with Crippen LogP contribution in [-0.4, -0.2) is 23.7 Å². The van der Waals surface area contributed by atoms with Crippen LogP contribution in [0.2, 0.25) is 0 Å². The Balaban J connectivity index is 2.45. The quantitative estimate of drug-likeness (QED) is 0.773. The van der Waals surface area contributed by atoms with Gasteiger partial charge in [-0.3, -0.25) is 4.79 Å². The number of aliphatic hydroxyl groups excluding tert-OH is 1. The van der Waals surface area contributed by atoms with Gasteiger partial charge < -0.3 is 10.4 Å². The van der Waals surface area contributed by atoms with Gasteiger partial charge >= 0.3 is 0 Å². The van der Waals surface area contributed by atoms with E-state index in [2.05, 4.69) is 11.4 Å². The first-order valence-electron chi connectivity index (χ1n) is 6.74. The molecule has 0 spiro atoms. The largest absolute Gasteiger partial charge is 0.393 e. The monoisotopic (exact) mass is 261 g/mol. The molecule has 1 aromatic carbocycles. The van der Waals surface area contributed by atoms with Gasteiger partial charge in [-0.2, -0.15) is 0 Å². The Morgan fingerprint density at radius 3 is 2.79 bits per heavy atom. The van der Waals surface area contributed by atoms with Gasteiger partial charge in [0.15, 0.2) is 0 Å². The van der Waals surface area contributed by atoms with Crippen LogP contribution in [0.3, 0.4) is 0 Å². The first-order chi connectivity index (χ1) is 9.02. The molecule has 3 nitrogen and oxygen atoms in total. The van der Waals surface area contributed by atoms with E-state index in [1.807, 2.05) is 39.0 Å². The minimum Gasteiger partial charge on any atom is -0.393 e. The summed E-state index contributed by atoms with van der Waals surface area (Å²) < 4.78 is 0. The topological polar surface area (TPSA) is 49.3 Å². The highest BCUT2D eigenvalue weighted by Crippen LogP contribution is 2.11. The van der Waals surface area contributed by atoms with Crippen molar-refractivity contribution in [3.8, 4) is 0 Å². The van der Waals surface area contributed by atoms with Crippen molar-refractivity contribution in [1.29, 1.82) is 0 Å². The number of nitrogens with one attached hydrogen (secondary N) is 1. The first-order valence-corrected chi connectivity index (χ1v) is 6.74. The van der Waals surface area contributed by atoms with Gasteiger partial charge in [-0.25, -0.2) is 0 Å². The number of carbonyl (C=O) groups excluding carboxylic acids is 1. The van der Waals surface area contributed by atoms with Gasteiger partial charge in [0.05, 0.1) is 6.10 Å². The lowest BCUT2D eigenvalue weighted by atomic mass is 10.1. The highest BCUT2D eigenvalue weighted by molar-refractivity contribution is 5.91. The molecule has 1 rings (SSSR count). The smallest absolute Gasteiger partial charge is 0.244 e. The molecule has 2 N–H and O–H groups in total. The van der Waals surface area contributed by atoms with Crippen LogP contribution in [0.5, 0.6) is 0 Å². The molecule has 19 heavy (non-hydrogen) atoms. The third kappa shape index (κ3) is 5.71. The van der Waals surface area contributed by atoms with Gasteiger partial charge in [-0.05, 0) is 43.9 Å². The number of hydrogen-bond donors (Lipinski definition) is 2. The van der Waals surface area contributed by atoms with E-state index < -0.39 is 0 Å². The number of carbonyl (C=O) groups is 1. The molecule has 1 atom stereocenters. The third-order valence-corrected chi connectivity index (χ3v) is 3.09. The van der Waals surface area contributed by atoms with E-state index in [9.17, 15) is 9.90 Å². The Bertz CT molecular complexity index is 452. The van der Waals surface area contributed by atoms with E-state index in [0.29, 0.717) is 19.4 Å². The Hall–Kier alpha value is -1.61. The molecule has 1 aromatic rings. The summed E-state index contributed by atoms with van der Waals surface area (Å²) in [5.41, 5.74) is 3.42. The van der Waals surface area contributed by atoms with Gasteiger partial charge in [-0.1, -0.05) is 30.7 Å². The summed E-state index contributed by atoms with van der Waals surface area (Å²) in [6.45, 7) is 6.51. The Kier molecular flexibility index (Phi) is 6.30. The molecule has 0 saturated carbocycles. The van der Waals surface area contributed by atoms with Crippen molar-refractivity contribution in [1.82, 2.24) is 5.32 Å². The summed E-state index contributed by atoms with van der Waals surface area (Å²) in [6.07, 6.45) is 4.34. The summed E-state index contributed by atoms with van der Waals surface area (Å²) in [6, 6.07) is 6.13. The Labute approximate surface area is 115 Å². The zero-order chi connectivity index (χ0) is 14.3. The van der Waals surface area contributed by atoms with Crippen molar-refractivity contribution in [2.75, 3.05) is 6.54 Å². The van der Waals surface area contributed by atoms with Crippen molar-refractivity contribution >= 4 is 12.0 Å². The molecule has 0 bridgehead atoms. The second kappa shape index (κ2) is 7.74. The average Bonchev–Trinajstić information content (AvgIpc) is 2.37. The number of rotatable bonds is 6. The lowest BCUT2D eigenvalue weighted by molar-refractivity contribution is -0.116. The lowest BCUT2D eigenvalue weighted by Gasteiger charge is -2.07. The van der Waals surface area contributed by atoms with Crippen LogP contribution < -0.4 is 5.32 Å². The third-order valence-electron chi connectivity index (χ3n) is 3.09. The summed E-state index contributed by atoms with van der Waals surface area (Å²) in [4.78, 5) is 11.6. The minimum atomic E-state index is -0.330. The van der Waals surface area contributed by atoms with E-state index in [0.717, 1.165) is 11.1 Å². The summed E-state index contributed by atoms with van der Waals surface area (Å²) in [5, 5.41) is 12.1. The zero-order valence-electron chi connectivity index (χ0n) is 11.9. The van der Waals surface area contributed by atoms with Crippen molar-refractivity contribution in [3.63, 3.8) is 0 Å². The fourth-order valence-corrected chi connectivity index (χ4v) is 1.80. The van der Waals surface area contributed by atoms with Crippen molar-refractivity contribution in [2.45, 2.75) is 39.7 Å². The molecule has 0 fully saturated rings. The fourth-order valence-electron chi connectivity index (χ4n) is 1.80. The van der Waals surface area contributed by atoms with Crippen LogP contribution in [0.1, 0.15) is 36.5 Å². The van der Waals surface area contributed by atoms with Gasteiger partial charge in [0.1, 0.15) is 0 Å². The molecule has 0 aliphatic heterocycles. The number of benzene rings is 1. The molecule has 1 unspecified atom stereocenters.